The van der Waals surface area contributed by atoms with E-state index in [1.165, 1.54) is 25.1 Å². The number of nitrogens with zero attached hydrogens (tertiary/aromatic N) is 2. The maximum Gasteiger partial charge on any atom is 0.338 e. The third-order valence-corrected chi connectivity index (χ3v) is 2.17. The smallest absolute Gasteiger partial charge is 0.338 e. The molecular weight excluding hydrogens is 224 g/mol. The fraction of sp³-hybridized carbons (Fsp3) is 0.273. The first kappa shape index (κ1) is 12.6. The molecule has 0 heterocycles. The number of nitro benzene ring substituents is 1. The molecule has 17 heavy (non-hydrogen) atoms. The number of nitriles is 1. The van der Waals surface area contributed by atoms with Crippen LogP contribution in [0.1, 0.15) is 22.3 Å². The molecule has 0 spiro atoms. The molecule has 0 aliphatic carbocycles. The number of esters is 1. The minimum Gasteiger partial charge on any atom is -0.461 e. The number of carbonyl (C=O) groups is 1. The highest BCUT2D eigenvalue weighted by Crippen LogP contribution is 2.21. The summed E-state index contributed by atoms with van der Waals surface area (Å²) in [5.41, 5.74) is 0.288. The summed E-state index contributed by atoms with van der Waals surface area (Å²) >= 11 is 0. The Morgan fingerprint density at radius 2 is 2.29 bits per heavy atom. The van der Waals surface area contributed by atoms with E-state index in [-0.39, 0.29) is 29.8 Å². The fourth-order valence-electron chi connectivity index (χ4n) is 1.31. The second-order valence-corrected chi connectivity index (χ2v) is 3.25. The van der Waals surface area contributed by atoms with Crippen molar-refractivity contribution < 1.29 is 14.5 Å². The van der Waals surface area contributed by atoms with E-state index in [1.807, 2.05) is 6.07 Å². The van der Waals surface area contributed by atoms with Gasteiger partial charge in [-0.15, -0.1) is 0 Å². The molecular formula is C11H10N2O4. The molecule has 0 N–H and O–H groups in total. The van der Waals surface area contributed by atoms with Crippen LogP contribution in [-0.2, 0) is 4.74 Å². The second kappa shape index (κ2) is 5.61. The third-order valence-electron chi connectivity index (χ3n) is 2.17. The van der Waals surface area contributed by atoms with Crippen LogP contribution >= 0.6 is 0 Å². The van der Waals surface area contributed by atoms with Crippen LogP contribution in [-0.4, -0.2) is 17.5 Å². The first-order chi connectivity index (χ1) is 8.07. The van der Waals surface area contributed by atoms with Crippen molar-refractivity contribution in [3.63, 3.8) is 0 Å². The number of hydrogen-bond donors (Lipinski definition) is 0. The summed E-state index contributed by atoms with van der Waals surface area (Å²) in [6.07, 6.45) is 0.0969. The van der Waals surface area contributed by atoms with Gasteiger partial charge in [-0.1, -0.05) is 6.07 Å². The Balaban J connectivity index is 2.92. The molecule has 0 saturated carbocycles. The van der Waals surface area contributed by atoms with Gasteiger partial charge in [0.1, 0.15) is 6.61 Å². The molecule has 0 aliphatic heterocycles. The van der Waals surface area contributed by atoms with Crippen molar-refractivity contribution in [2.75, 3.05) is 6.61 Å². The van der Waals surface area contributed by atoms with Crippen molar-refractivity contribution in [2.24, 2.45) is 0 Å². The van der Waals surface area contributed by atoms with E-state index in [4.69, 9.17) is 10.00 Å². The lowest BCUT2D eigenvalue weighted by molar-refractivity contribution is -0.385. The monoisotopic (exact) mass is 234 g/mol. The van der Waals surface area contributed by atoms with Crippen LogP contribution in [0.2, 0.25) is 0 Å². The number of hydrogen-bond acceptors (Lipinski definition) is 5. The maximum absolute atomic E-state index is 11.6. The number of ether oxygens (including phenoxy) is 1. The number of rotatable bonds is 4. The zero-order valence-corrected chi connectivity index (χ0v) is 9.17. The molecule has 0 radical (unpaired) electrons. The molecule has 0 bridgehead atoms. The molecule has 0 aliphatic rings. The lowest BCUT2D eigenvalue weighted by Crippen LogP contribution is -2.09. The molecule has 88 valence electrons. The molecule has 6 nitrogen and oxygen atoms in total. The van der Waals surface area contributed by atoms with Crippen molar-refractivity contribution in [1.82, 2.24) is 0 Å². The quantitative estimate of drug-likeness (QED) is 0.343. The summed E-state index contributed by atoms with van der Waals surface area (Å²) in [5, 5.41) is 19.0. The van der Waals surface area contributed by atoms with Gasteiger partial charge in [-0.05, 0) is 13.0 Å². The summed E-state index contributed by atoms with van der Waals surface area (Å²) in [6, 6.07) is 6.03. The normalized spacial score (nSPS) is 9.41. The topological polar surface area (TPSA) is 93.2 Å². The van der Waals surface area contributed by atoms with Gasteiger partial charge in [-0.3, -0.25) is 10.1 Å². The van der Waals surface area contributed by atoms with E-state index in [9.17, 15) is 14.9 Å². The molecule has 0 saturated heterocycles. The predicted molar refractivity (Wildman–Crippen MR) is 58.3 cm³/mol. The molecule has 0 fully saturated rings. The van der Waals surface area contributed by atoms with Gasteiger partial charge in [-0.2, -0.15) is 5.26 Å². The lowest BCUT2D eigenvalue weighted by atomic mass is 10.1. The molecule has 0 amide bonds. The average Bonchev–Trinajstić information content (AvgIpc) is 2.29. The molecule has 1 rings (SSSR count). The summed E-state index contributed by atoms with van der Waals surface area (Å²) in [4.78, 5) is 21.7. The van der Waals surface area contributed by atoms with Gasteiger partial charge >= 0.3 is 5.97 Å². The van der Waals surface area contributed by atoms with E-state index < -0.39 is 10.9 Å². The van der Waals surface area contributed by atoms with Gasteiger partial charge in [0.05, 0.1) is 23.0 Å². The van der Waals surface area contributed by atoms with Gasteiger partial charge in [0.25, 0.3) is 5.69 Å². The van der Waals surface area contributed by atoms with E-state index in [2.05, 4.69) is 0 Å². The number of nitro groups is 1. The first-order valence-electron chi connectivity index (χ1n) is 4.86. The summed E-state index contributed by atoms with van der Waals surface area (Å²) < 4.78 is 4.80. The Labute approximate surface area is 97.6 Å². The van der Waals surface area contributed by atoms with Crippen molar-refractivity contribution >= 4 is 11.7 Å². The minimum atomic E-state index is -0.651. The highest BCUT2D eigenvalue weighted by molar-refractivity contribution is 5.92. The van der Waals surface area contributed by atoms with Crippen LogP contribution in [0.15, 0.2) is 18.2 Å². The van der Waals surface area contributed by atoms with Crippen LogP contribution in [0.5, 0.6) is 0 Å². The maximum atomic E-state index is 11.6. The Morgan fingerprint density at radius 3 is 2.88 bits per heavy atom. The van der Waals surface area contributed by atoms with Crippen molar-refractivity contribution in [1.29, 1.82) is 5.26 Å². The van der Waals surface area contributed by atoms with E-state index >= 15 is 0 Å². The van der Waals surface area contributed by atoms with Crippen LogP contribution < -0.4 is 0 Å². The summed E-state index contributed by atoms with van der Waals surface area (Å²) in [5.74, 6) is -0.651. The van der Waals surface area contributed by atoms with Crippen LogP contribution in [0.4, 0.5) is 5.69 Å². The lowest BCUT2D eigenvalue weighted by Gasteiger charge is -2.05. The molecule has 0 atom stereocenters. The highest BCUT2D eigenvalue weighted by Gasteiger charge is 2.18. The predicted octanol–water partition coefficient (Wildman–Crippen LogP) is 1.97. The van der Waals surface area contributed by atoms with Gasteiger partial charge in [0, 0.05) is 11.6 Å². The first-order valence-corrected chi connectivity index (χ1v) is 4.86. The Bertz CT molecular complexity index is 491. The zero-order valence-electron chi connectivity index (χ0n) is 9.17. The molecule has 1 aromatic carbocycles. The zero-order chi connectivity index (χ0) is 12.8. The Hall–Kier alpha value is -2.42. The SMILES string of the molecule is Cc1c(C(=O)OCCC#N)cccc1[N+](=O)[O-]. The van der Waals surface area contributed by atoms with Gasteiger partial charge in [0.15, 0.2) is 0 Å². The molecule has 0 aromatic heterocycles. The standard InChI is InChI=1S/C11H10N2O4/c1-8-9(11(14)17-7-3-6-12)4-2-5-10(8)13(15)16/h2,4-5H,3,7H2,1H3. The van der Waals surface area contributed by atoms with Crippen LogP contribution in [0, 0.1) is 28.4 Å². The van der Waals surface area contributed by atoms with Crippen LogP contribution in [0.3, 0.4) is 0 Å². The largest absolute Gasteiger partial charge is 0.461 e. The van der Waals surface area contributed by atoms with E-state index in [1.54, 1.807) is 0 Å². The Morgan fingerprint density at radius 1 is 1.59 bits per heavy atom. The van der Waals surface area contributed by atoms with Crippen molar-refractivity contribution in [2.45, 2.75) is 13.3 Å². The number of carbonyl (C=O) groups excluding carboxylic acids is 1. The summed E-state index contributed by atoms with van der Waals surface area (Å²) in [7, 11) is 0. The highest BCUT2D eigenvalue weighted by atomic mass is 16.6. The van der Waals surface area contributed by atoms with E-state index in [0.29, 0.717) is 0 Å². The fourth-order valence-corrected chi connectivity index (χ4v) is 1.31. The van der Waals surface area contributed by atoms with Gasteiger partial charge in [-0.25, -0.2) is 4.79 Å². The minimum absolute atomic E-state index is 0.0164. The van der Waals surface area contributed by atoms with Gasteiger partial charge in [0.2, 0.25) is 0 Å². The average molecular weight is 234 g/mol. The molecule has 0 unspecified atom stereocenters. The van der Waals surface area contributed by atoms with E-state index in [0.717, 1.165) is 0 Å². The Kier molecular flexibility index (Phi) is 4.17. The molecule has 6 heteroatoms. The van der Waals surface area contributed by atoms with Crippen molar-refractivity contribution in [3.8, 4) is 6.07 Å². The van der Waals surface area contributed by atoms with Crippen LogP contribution in [0.25, 0.3) is 0 Å². The van der Waals surface area contributed by atoms with Crippen molar-refractivity contribution in [3.05, 3.63) is 39.4 Å². The summed E-state index contributed by atoms with van der Waals surface area (Å²) in [6.45, 7) is 1.47. The third kappa shape index (κ3) is 3.01. The van der Waals surface area contributed by atoms with Gasteiger partial charge < -0.3 is 4.74 Å². The second-order valence-electron chi connectivity index (χ2n) is 3.25. The molecule has 1 aromatic rings. The number of benzene rings is 1.